The maximum atomic E-state index is 11.6. The number of H-pyrrole nitrogens is 1. The van der Waals surface area contributed by atoms with E-state index in [0.29, 0.717) is 26.1 Å². The van der Waals surface area contributed by atoms with E-state index in [2.05, 4.69) is 4.98 Å². The first-order chi connectivity index (χ1) is 8.20. The van der Waals surface area contributed by atoms with E-state index in [4.69, 9.17) is 4.74 Å². The summed E-state index contributed by atoms with van der Waals surface area (Å²) in [6, 6.07) is 3.36. The van der Waals surface area contributed by atoms with Gasteiger partial charge < -0.3 is 14.6 Å². The molecule has 5 heteroatoms. The van der Waals surface area contributed by atoms with Crippen molar-refractivity contribution in [2.45, 2.75) is 19.8 Å². The molecule has 0 aromatic carbocycles. The van der Waals surface area contributed by atoms with Crippen molar-refractivity contribution in [2.24, 2.45) is 0 Å². The van der Waals surface area contributed by atoms with Crippen molar-refractivity contribution >= 4 is 6.09 Å². The van der Waals surface area contributed by atoms with Crippen LogP contribution in [0, 0.1) is 0 Å². The van der Waals surface area contributed by atoms with E-state index in [0.717, 1.165) is 17.7 Å². The molecule has 0 radical (unpaired) electrons. The molecule has 1 aliphatic rings. The second-order valence-corrected chi connectivity index (χ2v) is 4.01. The summed E-state index contributed by atoms with van der Waals surface area (Å²) in [5, 5.41) is 0. The molecule has 1 aromatic heterocycles. The van der Waals surface area contributed by atoms with E-state index in [1.165, 1.54) is 6.07 Å². The molecular weight excluding hydrogens is 220 g/mol. The predicted octanol–water partition coefficient (Wildman–Crippen LogP) is 0.932. The summed E-state index contributed by atoms with van der Waals surface area (Å²) < 4.78 is 4.97. The molecule has 92 valence electrons. The summed E-state index contributed by atoms with van der Waals surface area (Å²) in [5.74, 6) is 0. The van der Waals surface area contributed by atoms with Crippen LogP contribution < -0.4 is 5.56 Å². The third-order valence-electron chi connectivity index (χ3n) is 2.91. The largest absolute Gasteiger partial charge is 0.450 e. The molecule has 0 aliphatic carbocycles. The van der Waals surface area contributed by atoms with E-state index < -0.39 is 0 Å². The summed E-state index contributed by atoms with van der Waals surface area (Å²) in [4.78, 5) is 27.3. The van der Waals surface area contributed by atoms with Crippen LogP contribution in [0.3, 0.4) is 0 Å². The quantitative estimate of drug-likeness (QED) is 0.789. The third-order valence-corrected chi connectivity index (χ3v) is 2.91. The topological polar surface area (TPSA) is 62.4 Å². The van der Waals surface area contributed by atoms with Crippen LogP contribution in [0.25, 0.3) is 0 Å². The smallest absolute Gasteiger partial charge is 0.409 e. The maximum absolute atomic E-state index is 11.6. The molecule has 5 nitrogen and oxygen atoms in total. The van der Waals surface area contributed by atoms with Gasteiger partial charge in [0, 0.05) is 31.3 Å². The molecule has 0 spiro atoms. The average Bonchev–Trinajstić information content (AvgIpc) is 2.51. The fourth-order valence-electron chi connectivity index (χ4n) is 2.02. The number of pyridine rings is 1. The van der Waals surface area contributed by atoms with Gasteiger partial charge in [-0.3, -0.25) is 4.79 Å². The van der Waals surface area contributed by atoms with Crippen molar-refractivity contribution in [2.75, 3.05) is 19.7 Å². The van der Waals surface area contributed by atoms with Gasteiger partial charge in [-0.05, 0) is 18.9 Å². The average molecular weight is 236 g/mol. The molecular formula is C12H16N2O3. The Morgan fingerprint density at radius 1 is 1.41 bits per heavy atom. The van der Waals surface area contributed by atoms with Crippen LogP contribution in [-0.2, 0) is 17.6 Å². The number of nitrogens with zero attached hydrogens (tertiary/aromatic N) is 1. The number of amides is 1. The number of nitrogens with one attached hydrogen (secondary N) is 1. The number of aromatic amines is 1. The van der Waals surface area contributed by atoms with Gasteiger partial charge in [-0.15, -0.1) is 0 Å². The molecule has 0 atom stereocenters. The van der Waals surface area contributed by atoms with E-state index in [1.54, 1.807) is 11.8 Å². The van der Waals surface area contributed by atoms with E-state index >= 15 is 0 Å². The SMILES string of the molecule is CCOC(=O)N1CCc2ccc(=O)[nH]c2CC1. The van der Waals surface area contributed by atoms with Crippen LogP contribution in [-0.4, -0.2) is 35.7 Å². The monoisotopic (exact) mass is 236 g/mol. The van der Waals surface area contributed by atoms with Crippen molar-refractivity contribution in [3.05, 3.63) is 33.7 Å². The van der Waals surface area contributed by atoms with Gasteiger partial charge >= 0.3 is 6.09 Å². The Bertz CT molecular complexity index is 467. The highest BCUT2D eigenvalue weighted by atomic mass is 16.6. The lowest BCUT2D eigenvalue weighted by atomic mass is 10.1. The van der Waals surface area contributed by atoms with Gasteiger partial charge in [-0.1, -0.05) is 6.07 Å². The minimum Gasteiger partial charge on any atom is -0.450 e. The lowest BCUT2D eigenvalue weighted by molar-refractivity contribution is 0.109. The molecule has 1 aromatic rings. The highest BCUT2D eigenvalue weighted by Crippen LogP contribution is 2.12. The number of aromatic nitrogens is 1. The Morgan fingerprint density at radius 2 is 2.18 bits per heavy atom. The summed E-state index contributed by atoms with van der Waals surface area (Å²) in [6.45, 7) is 3.41. The van der Waals surface area contributed by atoms with E-state index in [1.807, 2.05) is 6.07 Å². The third kappa shape index (κ3) is 2.67. The maximum Gasteiger partial charge on any atom is 0.409 e. The Balaban J connectivity index is 2.11. The molecule has 2 heterocycles. The number of hydrogen-bond acceptors (Lipinski definition) is 3. The first-order valence-corrected chi connectivity index (χ1v) is 5.83. The van der Waals surface area contributed by atoms with E-state index in [9.17, 15) is 9.59 Å². The highest BCUT2D eigenvalue weighted by molar-refractivity contribution is 5.67. The first kappa shape index (κ1) is 11.7. The zero-order valence-corrected chi connectivity index (χ0v) is 9.86. The number of hydrogen-bond donors (Lipinski definition) is 1. The van der Waals surface area contributed by atoms with Crippen LogP contribution in [0.15, 0.2) is 16.9 Å². The number of carbonyl (C=O) groups excluding carboxylic acids is 1. The molecule has 1 N–H and O–H groups in total. The minimum absolute atomic E-state index is 0.0895. The number of rotatable bonds is 1. The molecule has 17 heavy (non-hydrogen) atoms. The lowest BCUT2D eigenvalue weighted by Crippen LogP contribution is -2.33. The van der Waals surface area contributed by atoms with Gasteiger partial charge in [0.15, 0.2) is 0 Å². The minimum atomic E-state index is -0.275. The molecule has 0 saturated heterocycles. The first-order valence-electron chi connectivity index (χ1n) is 5.83. The van der Waals surface area contributed by atoms with Gasteiger partial charge in [0.2, 0.25) is 5.56 Å². The van der Waals surface area contributed by atoms with Crippen LogP contribution in [0.5, 0.6) is 0 Å². The normalized spacial score (nSPS) is 15.0. The molecule has 0 bridgehead atoms. The van der Waals surface area contributed by atoms with Gasteiger partial charge in [0.25, 0.3) is 0 Å². The molecule has 0 unspecified atom stereocenters. The Kier molecular flexibility index (Phi) is 3.46. The van der Waals surface area contributed by atoms with Gasteiger partial charge in [-0.2, -0.15) is 0 Å². The van der Waals surface area contributed by atoms with Crippen LogP contribution >= 0.6 is 0 Å². The van der Waals surface area contributed by atoms with Crippen molar-refractivity contribution < 1.29 is 9.53 Å². The summed E-state index contributed by atoms with van der Waals surface area (Å²) in [6.07, 6.45) is 1.15. The van der Waals surface area contributed by atoms with Gasteiger partial charge in [0.1, 0.15) is 0 Å². The molecule has 1 amide bonds. The molecule has 0 fully saturated rings. The summed E-state index contributed by atoms with van der Waals surface area (Å²) in [5.41, 5.74) is 1.95. The van der Waals surface area contributed by atoms with Crippen LogP contribution in [0.1, 0.15) is 18.2 Å². The fourth-order valence-corrected chi connectivity index (χ4v) is 2.02. The van der Waals surface area contributed by atoms with Crippen LogP contribution in [0.4, 0.5) is 4.79 Å². The Labute approximate surface area is 99.4 Å². The fraction of sp³-hybridized carbons (Fsp3) is 0.500. The predicted molar refractivity (Wildman–Crippen MR) is 63.1 cm³/mol. The van der Waals surface area contributed by atoms with Crippen molar-refractivity contribution in [1.82, 2.24) is 9.88 Å². The summed E-state index contributed by atoms with van der Waals surface area (Å²) in [7, 11) is 0. The zero-order valence-electron chi connectivity index (χ0n) is 9.86. The second-order valence-electron chi connectivity index (χ2n) is 4.01. The number of fused-ring (bicyclic) bond motifs is 1. The van der Waals surface area contributed by atoms with E-state index in [-0.39, 0.29) is 11.7 Å². The zero-order chi connectivity index (χ0) is 12.3. The van der Waals surface area contributed by atoms with Crippen molar-refractivity contribution in [3.63, 3.8) is 0 Å². The lowest BCUT2D eigenvalue weighted by Gasteiger charge is -2.18. The van der Waals surface area contributed by atoms with Gasteiger partial charge in [0.05, 0.1) is 6.61 Å². The van der Waals surface area contributed by atoms with Crippen LogP contribution in [0.2, 0.25) is 0 Å². The highest BCUT2D eigenvalue weighted by Gasteiger charge is 2.19. The van der Waals surface area contributed by atoms with Crippen molar-refractivity contribution in [3.8, 4) is 0 Å². The Hall–Kier alpha value is -1.78. The second kappa shape index (κ2) is 5.03. The summed E-state index contributed by atoms with van der Waals surface area (Å²) >= 11 is 0. The molecule has 2 rings (SSSR count). The number of carbonyl (C=O) groups is 1. The molecule has 1 aliphatic heterocycles. The van der Waals surface area contributed by atoms with Gasteiger partial charge in [-0.25, -0.2) is 4.79 Å². The number of ether oxygens (including phenoxy) is 1. The standard InChI is InChI=1S/C12H16N2O3/c1-2-17-12(16)14-7-5-9-3-4-11(15)13-10(9)6-8-14/h3-4H,2,5-8H2,1H3,(H,13,15). The van der Waals surface area contributed by atoms with Crippen molar-refractivity contribution in [1.29, 1.82) is 0 Å². The molecule has 0 saturated carbocycles. The Morgan fingerprint density at radius 3 is 2.94 bits per heavy atom.